The molecule has 2 amide bonds. The Bertz CT molecular complexity index is 970. The summed E-state index contributed by atoms with van der Waals surface area (Å²) in [6, 6.07) is 16.8. The summed E-state index contributed by atoms with van der Waals surface area (Å²) >= 11 is 4.65. The maximum absolute atomic E-state index is 12.1. The summed E-state index contributed by atoms with van der Waals surface area (Å²) in [5, 5.41) is 7.20. The average Bonchev–Trinajstić information content (AvgIpc) is 3.23. The van der Waals surface area contributed by atoms with Crippen LogP contribution in [0.15, 0.2) is 70.5 Å². The number of ether oxygens (including phenoxy) is 1. The van der Waals surface area contributed by atoms with Crippen molar-refractivity contribution in [1.29, 1.82) is 0 Å². The summed E-state index contributed by atoms with van der Waals surface area (Å²) in [5.74, 6) is -1.27. The van der Waals surface area contributed by atoms with Crippen LogP contribution >= 0.6 is 27.3 Å². The van der Waals surface area contributed by atoms with Crippen LogP contribution in [0.5, 0.6) is 0 Å². The van der Waals surface area contributed by atoms with Gasteiger partial charge in [-0.05, 0) is 60.0 Å². The van der Waals surface area contributed by atoms with E-state index >= 15 is 0 Å². The Morgan fingerprint density at radius 3 is 2.18 bits per heavy atom. The van der Waals surface area contributed by atoms with Crippen molar-refractivity contribution in [3.63, 3.8) is 0 Å². The summed E-state index contributed by atoms with van der Waals surface area (Å²) in [7, 11) is 0. The molecule has 0 aliphatic carbocycles. The number of halogens is 1. The fourth-order valence-electron chi connectivity index (χ4n) is 2.23. The molecular weight excluding hydrogens is 444 g/mol. The highest BCUT2D eigenvalue weighted by Crippen LogP contribution is 2.16. The van der Waals surface area contributed by atoms with E-state index in [1.54, 1.807) is 48.5 Å². The Hall–Kier alpha value is -2.97. The third-order valence-electron chi connectivity index (χ3n) is 3.59. The number of hydrogen-bond donors (Lipinski definition) is 2. The molecule has 1 aromatic heterocycles. The van der Waals surface area contributed by atoms with E-state index in [1.807, 2.05) is 5.38 Å². The molecule has 0 aliphatic heterocycles. The lowest BCUT2D eigenvalue weighted by atomic mass is 10.2. The fourth-order valence-corrected chi connectivity index (χ4v) is 3.12. The van der Waals surface area contributed by atoms with Gasteiger partial charge >= 0.3 is 5.97 Å². The Kier molecular flexibility index (Phi) is 6.57. The number of amides is 2. The molecule has 3 rings (SSSR count). The summed E-state index contributed by atoms with van der Waals surface area (Å²) < 4.78 is 5.92. The van der Waals surface area contributed by atoms with Crippen LogP contribution in [-0.2, 0) is 9.53 Å². The highest BCUT2D eigenvalue weighted by atomic mass is 79.9. The normalized spacial score (nSPS) is 10.2. The van der Waals surface area contributed by atoms with E-state index < -0.39 is 18.5 Å². The monoisotopic (exact) mass is 458 g/mol. The van der Waals surface area contributed by atoms with Crippen molar-refractivity contribution in [3.05, 3.63) is 81.0 Å². The quantitative estimate of drug-likeness (QED) is 0.530. The number of hydrogen-bond acceptors (Lipinski definition) is 5. The van der Waals surface area contributed by atoms with Gasteiger partial charge in [-0.1, -0.05) is 22.0 Å². The molecule has 8 heteroatoms. The first-order valence-electron chi connectivity index (χ1n) is 8.19. The molecule has 0 bridgehead atoms. The van der Waals surface area contributed by atoms with E-state index in [1.165, 1.54) is 23.5 Å². The first kappa shape index (κ1) is 19.8. The van der Waals surface area contributed by atoms with Crippen LogP contribution in [0, 0.1) is 0 Å². The second-order valence-electron chi connectivity index (χ2n) is 5.64. The van der Waals surface area contributed by atoms with E-state index in [0.29, 0.717) is 16.3 Å². The number of nitrogens with one attached hydrogen (secondary N) is 2. The predicted octanol–water partition coefficient (Wildman–Crippen LogP) is 4.56. The van der Waals surface area contributed by atoms with Crippen molar-refractivity contribution in [1.82, 2.24) is 0 Å². The molecule has 1 heterocycles. The molecule has 2 aromatic carbocycles. The minimum Gasteiger partial charge on any atom is -0.452 e. The van der Waals surface area contributed by atoms with Crippen molar-refractivity contribution >= 4 is 56.4 Å². The second kappa shape index (κ2) is 9.29. The summed E-state index contributed by atoms with van der Waals surface area (Å²) in [5.41, 5.74) is 1.45. The van der Waals surface area contributed by atoms with Gasteiger partial charge in [0.25, 0.3) is 11.8 Å². The van der Waals surface area contributed by atoms with Crippen molar-refractivity contribution in [2.24, 2.45) is 0 Å². The van der Waals surface area contributed by atoms with Gasteiger partial charge in [0.1, 0.15) is 0 Å². The maximum atomic E-state index is 12.1. The van der Waals surface area contributed by atoms with E-state index in [4.69, 9.17) is 4.74 Å². The van der Waals surface area contributed by atoms with Gasteiger partial charge in [-0.3, -0.25) is 9.59 Å². The number of rotatable bonds is 6. The molecular formula is C20H15BrN2O4S. The van der Waals surface area contributed by atoms with Crippen molar-refractivity contribution in [3.8, 4) is 0 Å². The van der Waals surface area contributed by atoms with Gasteiger partial charge in [-0.15, -0.1) is 11.3 Å². The minimum absolute atomic E-state index is 0.213. The fraction of sp³-hybridized carbons (Fsp3) is 0.0500. The molecule has 0 saturated heterocycles. The van der Waals surface area contributed by atoms with Crippen LogP contribution in [0.4, 0.5) is 11.4 Å². The smallest absolute Gasteiger partial charge is 0.338 e. The molecule has 0 atom stereocenters. The second-order valence-corrected chi connectivity index (χ2v) is 7.50. The van der Waals surface area contributed by atoms with E-state index in [-0.39, 0.29) is 11.5 Å². The van der Waals surface area contributed by atoms with E-state index in [2.05, 4.69) is 26.6 Å². The minimum atomic E-state index is -0.623. The molecule has 0 unspecified atom stereocenters. The highest BCUT2D eigenvalue weighted by molar-refractivity contribution is 9.10. The molecule has 3 aromatic rings. The zero-order chi connectivity index (χ0) is 19.9. The van der Waals surface area contributed by atoms with Crippen LogP contribution in [0.2, 0.25) is 0 Å². The number of carbonyl (C=O) groups excluding carboxylic acids is 3. The molecule has 6 nitrogen and oxygen atoms in total. The Labute approximate surface area is 173 Å². The molecule has 0 aliphatic rings. The van der Waals surface area contributed by atoms with Gasteiger partial charge in [0.15, 0.2) is 6.61 Å². The van der Waals surface area contributed by atoms with Crippen LogP contribution in [0.25, 0.3) is 0 Å². The highest BCUT2D eigenvalue weighted by Gasteiger charge is 2.12. The summed E-state index contributed by atoms with van der Waals surface area (Å²) in [6.07, 6.45) is 0. The lowest BCUT2D eigenvalue weighted by molar-refractivity contribution is -0.119. The zero-order valence-electron chi connectivity index (χ0n) is 14.5. The number of anilines is 2. The summed E-state index contributed by atoms with van der Waals surface area (Å²) in [4.78, 5) is 36.5. The topological polar surface area (TPSA) is 84.5 Å². The average molecular weight is 459 g/mol. The van der Waals surface area contributed by atoms with Gasteiger partial charge in [-0.2, -0.15) is 0 Å². The number of benzene rings is 2. The van der Waals surface area contributed by atoms with Gasteiger partial charge in [0, 0.05) is 15.8 Å². The van der Waals surface area contributed by atoms with Crippen LogP contribution in [0.1, 0.15) is 20.0 Å². The lowest BCUT2D eigenvalue weighted by Gasteiger charge is -2.08. The molecule has 28 heavy (non-hydrogen) atoms. The number of carbonyl (C=O) groups is 3. The van der Waals surface area contributed by atoms with Crippen molar-refractivity contribution in [2.45, 2.75) is 0 Å². The third-order valence-corrected chi connectivity index (χ3v) is 4.98. The zero-order valence-corrected chi connectivity index (χ0v) is 16.9. The molecule has 0 spiro atoms. The maximum Gasteiger partial charge on any atom is 0.338 e. The third kappa shape index (κ3) is 5.51. The van der Waals surface area contributed by atoms with Gasteiger partial charge in [0.05, 0.1) is 10.4 Å². The van der Waals surface area contributed by atoms with Gasteiger partial charge in [-0.25, -0.2) is 4.79 Å². The van der Waals surface area contributed by atoms with Crippen molar-refractivity contribution in [2.75, 3.05) is 17.2 Å². The first-order chi connectivity index (χ1) is 13.5. The largest absolute Gasteiger partial charge is 0.452 e. The molecule has 2 N–H and O–H groups in total. The standard InChI is InChI=1S/C20H15BrN2O4S/c21-14-5-9-15(10-6-14)22-18(24)12-27-20(26)13-3-7-16(8-4-13)23-19(25)17-2-1-11-28-17/h1-11H,12H2,(H,22,24)(H,23,25). The Morgan fingerprint density at radius 2 is 1.54 bits per heavy atom. The molecule has 142 valence electrons. The van der Waals surface area contributed by atoms with E-state index in [0.717, 1.165) is 4.47 Å². The number of thiophene rings is 1. The SMILES string of the molecule is O=C(COC(=O)c1ccc(NC(=O)c2cccs2)cc1)Nc1ccc(Br)cc1. The van der Waals surface area contributed by atoms with Gasteiger partial charge < -0.3 is 15.4 Å². The molecule has 0 saturated carbocycles. The lowest BCUT2D eigenvalue weighted by Crippen LogP contribution is -2.20. The summed E-state index contributed by atoms with van der Waals surface area (Å²) in [6.45, 7) is -0.397. The van der Waals surface area contributed by atoms with E-state index in [9.17, 15) is 14.4 Å². The van der Waals surface area contributed by atoms with Gasteiger partial charge in [0.2, 0.25) is 0 Å². The molecule has 0 radical (unpaired) electrons. The molecule has 0 fully saturated rings. The van der Waals surface area contributed by atoms with Crippen LogP contribution < -0.4 is 10.6 Å². The van der Waals surface area contributed by atoms with Crippen LogP contribution in [0.3, 0.4) is 0 Å². The predicted molar refractivity (Wildman–Crippen MR) is 112 cm³/mol. The van der Waals surface area contributed by atoms with Crippen molar-refractivity contribution < 1.29 is 19.1 Å². The first-order valence-corrected chi connectivity index (χ1v) is 9.86. The Balaban J connectivity index is 1.49. The number of esters is 1. The Morgan fingerprint density at radius 1 is 0.893 bits per heavy atom. The van der Waals surface area contributed by atoms with Crippen LogP contribution in [-0.4, -0.2) is 24.4 Å².